The quantitative estimate of drug-likeness (QED) is 0.472. The van der Waals surface area contributed by atoms with Crippen LogP contribution in [0.15, 0.2) is 12.1 Å². The molecule has 0 spiro atoms. The second-order valence-corrected chi connectivity index (χ2v) is 12.3. The maximum Gasteiger partial charge on any atom is 0.337 e. The highest BCUT2D eigenvalue weighted by molar-refractivity contribution is 5.90. The lowest BCUT2D eigenvalue weighted by Gasteiger charge is -2.40. The van der Waals surface area contributed by atoms with Crippen LogP contribution < -0.4 is 10.1 Å². The third kappa shape index (κ3) is 5.13. The lowest BCUT2D eigenvalue weighted by atomic mass is 9.78. The molecule has 2 aromatic rings. The number of aliphatic carboxylic acids is 1. The first-order valence-electron chi connectivity index (χ1n) is 14.3. The summed E-state index contributed by atoms with van der Waals surface area (Å²) in [7, 11) is 0. The molecule has 2 N–H and O–H groups in total. The van der Waals surface area contributed by atoms with Gasteiger partial charge in [-0.1, -0.05) is 25.3 Å². The number of anilines is 1. The fraction of sp³-hybridized carbons (Fsp3) is 0.562. The second-order valence-electron chi connectivity index (χ2n) is 12.3. The molecule has 0 radical (unpaired) electrons. The first-order chi connectivity index (χ1) is 18.5. The number of benzene rings is 2. The summed E-state index contributed by atoms with van der Waals surface area (Å²) in [6.07, 6.45) is 4.80. The van der Waals surface area contributed by atoms with E-state index in [1.165, 1.54) is 6.42 Å². The van der Waals surface area contributed by atoms with Gasteiger partial charge in [0.1, 0.15) is 12.4 Å². The van der Waals surface area contributed by atoms with Crippen LogP contribution in [0.25, 0.3) is 11.1 Å². The minimum absolute atomic E-state index is 0.144. The van der Waals surface area contributed by atoms with E-state index in [1.807, 2.05) is 39.8 Å². The van der Waals surface area contributed by atoms with E-state index >= 15 is 0 Å². The number of nitrogens with zero attached hydrogens (tertiary/aromatic N) is 1. The zero-order chi connectivity index (χ0) is 28.1. The molecule has 3 aliphatic rings. The minimum atomic E-state index is -1.17. The maximum absolute atomic E-state index is 13.5. The van der Waals surface area contributed by atoms with Gasteiger partial charge in [-0.3, -0.25) is 4.79 Å². The Bertz CT molecular complexity index is 1300. The van der Waals surface area contributed by atoms with Gasteiger partial charge in [-0.2, -0.15) is 0 Å². The number of carboxylic acids is 1. The maximum atomic E-state index is 13.5. The van der Waals surface area contributed by atoms with Crippen molar-refractivity contribution in [3.05, 3.63) is 45.5 Å². The zero-order valence-corrected chi connectivity index (χ0v) is 24.2. The highest BCUT2D eigenvalue weighted by atomic mass is 16.5. The number of nitrogens with one attached hydrogen (secondary N) is 1. The summed E-state index contributed by atoms with van der Waals surface area (Å²) in [5.41, 5.74) is 7.79. The number of fused-ring (bicyclic) bond motifs is 2. The average molecular weight is 535 g/mol. The summed E-state index contributed by atoms with van der Waals surface area (Å²) < 4.78 is 12.1. The first kappa shape index (κ1) is 27.5. The predicted molar refractivity (Wildman–Crippen MR) is 152 cm³/mol. The Kier molecular flexibility index (Phi) is 7.40. The van der Waals surface area contributed by atoms with Crippen LogP contribution in [0.4, 0.5) is 5.69 Å². The van der Waals surface area contributed by atoms with Crippen molar-refractivity contribution in [3.8, 4) is 16.9 Å². The van der Waals surface area contributed by atoms with Gasteiger partial charge in [-0.25, -0.2) is 4.79 Å². The lowest BCUT2D eigenvalue weighted by Crippen LogP contribution is -2.45. The summed E-state index contributed by atoms with van der Waals surface area (Å²) >= 11 is 0. The molecule has 7 heteroatoms. The monoisotopic (exact) mass is 534 g/mol. The van der Waals surface area contributed by atoms with Crippen LogP contribution in [-0.2, 0) is 27.3 Å². The van der Waals surface area contributed by atoms with Crippen LogP contribution in [0.5, 0.6) is 5.75 Å². The number of hydrogen-bond acceptors (Lipinski definition) is 5. The lowest BCUT2D eigenvalue weighted by molar-refractivity contribution is -0.160. The molecule has 1 aliphatic carbocycles. The third-order valence-corrected chi connectivity index (χ3v) is 8.63. The Hall–Kier alpha value is -3.06. The number of amides is 1. The van der Waals surface area contributed by atoms with Crippen LogP contribution in [-0.4, -0.2) is 46.7 Å². The number of carbonyl (C=O) groups is 2. The van der Waals surface area contributed by atoms with Crippen LogP contribution in [0.1, 0.15) is 92.4 Å². The SMILES string of the molecule is Cc1c(-c2c(C)c3c(c(C)c2[C@H](OC(C)(C)C)C(=O)O)CC(=O)N(C2CCCCC2)C3)ccc2c1NCCO2. The van der Waals surface area contributed by atoms with Crippen molar-refractivity contribution in [1.29, 1.82) is 0 Å². The summed E-state index contributed by atoms with van der Waals surface area (Å²) in [4.78, 5) is 28.4. The molecule has 2 aromatic carbocycles. The normalized spacial score (nSPS) is 18.6. The first-order valence-corrected chi connectivity index (χ1v) is 14.3. The van der Waals surface area contributed by atoms with Crippen molar-refractivity contribution in [3.63, 3.8) is 0 Å². The van der Waals surface area contributed by atoms with Crippen molar-refractivity contribution >= 4 is 17.6 Å². The number of rotatable bonds is 5. The molecular formula is C32H42N2O5. The molecule has 5 rings (SSSR count). The molecule has 1 saturated carbocycles. The van der Waals surface area contributed by atoms with E-state index < -0.39 is 17.7 Å². The van der Waals surface area contributed by atoms with Crippen molar-refractivity contribution in [2.24, 2.45) is 0 Å². The minimum Gasteiger partial charge on any atom is -0.490 e. The highest BCUT2D eigenvalue weighted by Crippen LogP contribution is 2.46. The van der Waals surface area contributed by atoms with Gasteiger partial charge in [0.15, 0.2) is 6.10 Å². The van der Waals surface area contributed by atoms with Gasteiger partial charge in [0.05, 0.1) is 17.7 Å². The van der Waals surface area contributed by atoms with Gasteiger partial charge < -0.3 is 24.8 Å². The average Bonchev–Trinajstić information content (AvgIpc) is 2.90. The van der Waals surface area contributed by atoms with Gasteiger partial charge >= 0.3 is 5.97 Å². The molecule has 0 saturated heterocycles. The van der Waals surface area contributed by atoms with Gasteiger partial charge in [0.25, 0.3) is 0 Å². The van der Waals surface area contributed by atoms with E-state index in [2.05, 4.69) is 24.1 Å². The van der Waals surface area contributed by atoms with E-state index in [-0.39, 0.29) is 11.9 Å². The number of carboxylic acid groups (broad SMARTS) is 1. The summed E-state index contributed by atoms with van der Waals surface area (Å²) in [5, 5.41) is 14.0. The summed E-state index contributed by atoms with van der Waals surface area (Å²) in [6.45, 7) is 13.6. The van der Waals surface area contributed by atoms with Crippen LogP contribution in [0.2, 0.25) is 0 Å². The van der Waals surface area contributed by atoms with Gasteiger partial charge in [0, 0.05) is 24.7 Å². The fourth-order valence-corrected chi connectivity index (χ4v) is 6.74. The van der Waals surface area contributed by atoms with Gasteiger partial charge in [0.2, 0.25) is 5.91 Å². The molecule has 0 unspecified atom stereocenters. The number of ether oxygens (including phenoxy) is 2. The van der Waals surface area contributed by atoms with E-state index in [0.29, 0.717) is 25.1 Å². The standard InChI is InChI=1S/C32H42N2O5/c1-18-23-16-26(35)34(21-10-8-7-9-11-21)17-24(23)19(2)27(28(18)30(31(36)37)39-32(4,5)6)22-12-13-25-29(20(22)3)33-14-15-38-25/h12-13,21,30,33H,7-11,14-17H2,1-6H3,(H,36,37)/t30-/m0/s1. The molecule has 1 fully saturated rings. The molecule has 210 valence electrons. The van der Waals surface area contributed by atoms with Crippen LogP contribution >= 0.6 is 0 Å². The Labute approximate surface area is 231 Å². The van der Waals surface area contributed by atoms with Gasteiger partial charge in [-0.15, -0.1) is 0 Å². The van der Waals surface area contributed by atoms with Crippen molar-refractivity contribution in [1.82, 2.24) is 4.90 Å². The molecule has 39 heavy (non-hydrogen) atoms. The summed E-state index contributed by atoms with van der Waals surface area (Å²) in [6, 6.07) is 4.30. The molecule has 1 atom stereocenters. The second kappa shape index (κ2) is 10.5. The molecule has 0 aromatic heterocycles. The summed E-state index contributed by atoms with van der Waals surface area (Å²) in [5.74, 6) is -0.0756. The zero-order valence-electron chi connectivity index (χ0n) is 24.2. The van der Waals surface area contributed by atoms with Crippen molar-refractivity contribution < 1.29 is 24.2 Å². The van der Waals surface area contributed by atoms with E-state index in [0.717, 1.165) is 82.6 Å². The topological polar surface area (TPSA) is 88.1 Å². The molecule has 2 aliphatic heterocycles. The largest absolute Gasteiger partial charge is 0.490 e. The Morgan fingerprint density at radius 2 is 1.79 bits per heavy atom. The van der Waals surface area contributed by atoms with Crippen molar-refractivity contribution in [2.75, 3.05) is 18.5 Å². The molecule has 0 bridgehead atoms. The van der Waals surface area contributed by atoms with Crippen molar-refractivity contribution in [2.45, 2.75) is 104 Å². The fourth-order valence-electron chi connectivity index (χ4n) is 6.74. The Morgan fingerprint density at radius 1 is 1.08 bits per heavy atom. The van der Waals surface area contributed by atoms with E-state index in [9.17, 15) is 14.7 Å². The highest BCUT2D eigenvalue weighted by Gasteiger charge is 2.38. The number of carbonyl (C=O) groups excluding carboxylic acids is 1. The third-order valence-electron chi connectivity index (χ3n) is 8.63. The Morgan fingerprint density at radius 3 is 2.46 bits per heavy atom. The Balaban J connectivity index is 1.74. The van der Waals surface area contributed by atoms with Crippen LogP contribution in [0, 0.1) is 20.8 Å². The predicted octanol–water partition coefficient (Wildman–Crippen LogP) is 6.24. The van der Waals surface area contributed by atoms with Gasteiger partial charge in [-0.05, 0) is 99.4 Å². The van der Waals surface area contributed by atoms with Crippen LogP contribution in [0.3, 0.4) is 0 Å². The van der Waals surface area contributed by atoms with E-state index in [1.54, 1.807) is 0 Å². The smallest absolute Gasteiger partial charge is 0.337 e. The van der Waals surface area contributed by atoms with E-state index in [4.69, 9.17) is 9.47 Å². The molecule has 2 heterocycles. The molecule has 1 amide bonds. The molecular weight excluding hydrogens is 492 g/mol. The molecule has 7 nitrogen and oxygen atoms in total. The number of hydrogen-bond donors (Lipinski definition) is 2.